The van der Waals surface area contributed by atoms with E-state index in [1.165, 1.54) is 0 Å². The molecule has 2 unspecified atom stereocenters. The third-order valence-corrected chi connectivity index (χ3v) is 2.53. The average molecular weight is 140 g/mol. The molecule has 0 aromatic carbocycles. The van der Waals surface area contributed by atoms with E-state index in [4.69, 9.17) is 0 Å². The van der Waals surface area contributed by atoms with E-state index in [9.17, 15) is 4.57 Å². The molecule has 2 nitrogen and oxygen atoms in total. The fraction of sp³-hybridized carbons (Fsp3) is 1.00. The van der Waals surface area contributed by atoms with Gasteiger partial charge in [0, 0.05) is 0 Å². The summed E-state index contributed by atoms with van der Waals surface area (Å²) in [7, 11) is 1.76. The van der Waals surface area contributed by atoms with Crippen LogP contribution in [0.3, 0.4) is 0 Å². The Bertz CT molecular complexity index is 78.9. The van der Waals surface area contributed by atoms with Crippen LogP contribution in [0.1, 0.15) is 0 Å². The van der Waals surface area contributed by atoms with Gasteiger partial charge in [-0.15, -0.1) is 0 Å². The first-order valence-corrected chi connectivity index (χ1v) is 5.06. The van der Waals surface area contributed by atoms with Crippen LogP contribution in [0, 0.1) is 0 Å². The average Bonchev–Trinajstić information content (AvgIpc) is 1.35. The third-order valence-electron chi connectivity index (χ3n) is 0.178. The Labute approximate surface area is 41.5 Å². The van der Waals surface area contributed by atoms with Crippen LogP contribution in [-0.4, -0.2) is 6.66 Å². The van der Waals surface area contributed by atoms with E-state index in [2.05, 4.69) is 13.9 Å². The van der Waals surface area contributed by atoms with Gasteiger partial charge >= 0.3 is 15.6 Å². The molecule has 6 heavy (non-hydrogen) atoms. The molecule has 0 aliphatic heterocycles. The molecular weight excluding hydrogens is 135 g/mol. The van der Waals surface area contributed by atoms with Crippen molar-refractivity contribution in [1.82, 2.24) is 0 Å². The summed E-state index contributed by atoms with van der Waals surface area (Å²) in [5.74, 6) is 0. The molecular formula is CH5NOP3+. The topological polar surface area (TPSA) is 29.4 Å². The zero-order valence-electron chi connectivity index (χ0n) is 3.33. The van der Waals surface area contributed by atoms with Crippen molar-refractivity contribution in [3.05, 3.63) is 0 Å². The van der Waals surface area contributed by atoms with Crippen molar-refractivity contribution < 1.29 is 4.57 Å². The maximum absolute atomic E-state index is 10.1. The van der Waals surface area contributed by atoms with Crippen molar-refractivity contribution in [3.8, 4) is 0 Å². The summed E-state index contributed by atoms with van der Waals surface area (Å²) in [6.45, 7) is 1.64. The van der Waals surface area contributed by atoms with Gasteiger partial charge in [-0.25, -0.2) is 4.52 Å². The lowest BCUT2D eigenvalue weighted by Gasteiger charge is -1.51. The van der Waals surface area contributed by atoms with Gasteiger partial charge in [0.05, 0.1) is 0 Å². The maximum Gasteiger partial charge on any atom is 0.410 e. The second-order valence-electron chi connectivity index (χ2n) is 0.669. The maximum atomic E-state index is 10.1. The van der Waals surface area contributed by atoms with E-state index in [0.717, 1.165) is 0 Å². The molecule has 0 aromatic rings. The van der Waals surface area contributed by atoms with Crippen LogP contribution in [0.4, 0.5) is 0 Å². The van der Waals surface area contributed by atoms with Crippen LogP contribution in [0.25, 0.3) is 0 Å². The molecule has 0 N–H and O–H groups in total. The molecule has 0 aromatic heterocycles. The number of hydrogen-bond donors (Lipinski definition) is 0. The summed E-state index contributed by atoms with van der Waals surface area (Å²) < 4.78 is 13.6. The minimum atomic E-state index is -1.07. The number of nitrogens with zero attached hydrogens (tertiary/aromatic N) is 1. The van der Waals surface area contributed by atoms with Gasteiger partial charge in [-0.05, 0) is 9.39 Å². The van der Waals surface area contributed by atoms with Crippen LogP contribution >= 0.6 is 24.9 Å². The molecule has 0 heterocycles. The first-order chi connectivity index (χ1) is 2.77. The van der Waals surface area contributed by atoms with Crippen LogP contribution in [0.2, 0.25) is 0 Å². The van der Waals surface area contributed by atoms with Crippen LogP contribution in [0.15, 0.2) is 4.52 Å². The van der Waals surface area contributed by atoms with E-state index in [1.54, 1.807) is 6.66 Å². The summed E-state index contributed by atoms with van der Waals surface area (Å²) in [5, 5.41) is 0. The highest BCUT2D eigenvalue weighted by Gasteiger charge is 1.96. The lowest BCUT2D eigenvalue weighted by molar-refractivity contribution is 0.599. The SMILES string of the molecule is C[P+](=O)P=NP. The Morgan fingerprint density at radius 2 is 2.50 bits per heavy atom. The standard InChI is InChI=1S/CH5NOP3/c1-6(3)5-2-4/h4H2,1H3/q+1. The van der Waals surface area contributed by atoms with Crippen LogP contribution in [0.5, 0.6) is 0 Å². The minimum absolute atomic E-state index is 0.676. The number of hydrogen-bond acceptors (Lipinski definition) is 2. The molecule has 5 heteroatoms. The van der Waals surface area contributed by atoms with Gasteiger partial charge in [-0.1, -0.05) is 4.57 Å². The lowest BCUT2D eigenvalue weighted by Crippen LogP contribution is -1.22. The molecule has 0 fully saturated rings. The summed E-state index contributed by atoms with van der Waals surface area (Å²) in [6, 6.07) is 0. The van der Waals surface area contributed by atoms with E-state index in [1.807, 2.05) is 0 Å². The van der Waals surface area contributed by atoms with Gasteiger partial charge < -0.3 is 0 Å². The highest BCUT2D eigenvalue weighted by molar-refractivity contribution is 8.10. The Morgan fingerprint density at radius 1 is 2.00 bits per heavy atom. The van der Waals surface area contributed by atoms with Crippen LogP contribution in [-0.2, 0) is 4.57 Å². The van der Waals surface area contributed by atoms with Gasteiger partial charge in [0.2, 0.25) is 0 Å². The normalized spacial score (nSPS) is 12.7. The molecule has 34 valence electrons. The molecule has 0 bridgehead atoms. The Hall–Kier alpha value is 0.630. The predicted molar refractivity (Wildman–Crippen MR) is 32.6 cm³/mol. The van der Waals surface area contributed by atoms with Gasteiger partial charge in [0.1, 0.15) is 6.66 Å². The lowest BCUT2D eigenvalue weighted by atomic mass is 12.0. The molecule has 0 saturated heterocycles. The monoisotopic (exact) mass is 140 g/mol. The number of rotatable bonds is 1. The third kappa shape index (κ3) is 4.63. The predicted octanol–water partition coefficient (Wildman–Crippen LogP) is 2.28. The molecule has 0 spiro atoms. The molecule has 0 aliphatic carbocycles. The first-order valence-electron chi connectivity index (χ1n) is 1.29. The first kappa shape index (κ1) is 6.63. The summed E-state index contributed by atoms with van der Waals surface area (Å²) >= 11 is 0. The second kappa shape index (κ2) is 3.81. The van der Waals surface area contributed by atoms with Gasteiger partial charge in [-0.2, -0.15) is 0 Å². The molecule has 2 atom stereocenters. The Morgan fingerprint density at radius 3 is 2.50 bits per heavy atom. The van der Waals surface area contributed by atoms with Crippen molar-refractivity contribution >= 4 is 24.9 Å². The van der Waals surface area contributed by atoms with Gasteiger partial charge in [0.25, 0.3) is 0 Å². The Kier molecular flexibility index (Phi) is 4.21. The summed E-state index contributed by atoms with van der Waals surface area (Å²) in [5.41, 5.74) is 0. The van der Waals surface area contributed by atoms with Crippen molar-refractivity contribution in [3.63, 3.8) is 0 Å². The smallest absolute Gasteiger partial charge is 0.205 e. The fourth-order valence-corrected chi connectivity index (χ4v) is 1.96. The largest absolute Gasteiger partial charge is 0.410 e. The zero-order valence-corrected chi connectivity index (χ0v) is 6.27. The van der Waals surface area contributed by atoms with Gasteiger partial charge in [0.15, 0.2) is 0 Å². The van der Waals surface area contributed by atoms with Crippen LogP contribution < -0.4 is 0 Å². The highest BCUT2D eigenvalue weighted by atomic mass is 32.0. The van der Waals surface area contributed by atoms with E-state index in [-0.39, 0.29) is 0 Å². The molecule has 0 aliphatic rings. The Balaban J connectivity index is 3.30. The molecule has 0 saturated carbocycles. The fourth-order valence-electron chi connectivity index (χ4n) is 0.0727. The van der Waals surface area contributed by atoms with Gasteiger partial charge in [-0.3, -0.25) is 0 Å². The van der Waals surface area contributed by atoms with E-state index >= 15 is 0 Å². The van der Waals surface area contributed by atoms with E-state index < -0.39 is 7.49 Å². The zero-order chi connectivity index (χ0) is 4.99. The van der Waals surface area contributed by atoms with Crippen molar-refractivity contribution in [1.29, 1.82) is 0 Å². The summed E-state index contributed by atoms with van der Waals surface area (Å²) in [4.78, 5) is 0. The summed E-state index contributed by atoms with van der Waals surface area (Å²) in [6.07, 6.45) is 0. The molecule has 0 radical (unpaired) electrons. The van der Waals surface area contributed by atoms with Crippen molar-refractivity contribution in [2.45, 2.75) is 0 Å². The quantitative estimate of drug-likeness (QED) is 0.513. The highest BCUT2D eigenvalue weighted by Crippen LogP contribution is 2.34. The minimum Gasteiger partial charge on any atom is -0.205 e. The second-order valence-corrected chi connectivity index (χ2v) is 4.93. The van der Waals surface area contributed by atoms with E-state index in [0.29, 0.717) is 8.06 Å². The van der Waals surface area contributed by atoms with Crippen molar-refractivity contribution in [2.75, 3.05) is 6.66 Å². The van der Waals surface area contributed by atoms with Crippen molar-refractivity contribution in [2.24, 2.45) is 4.52 Å². The molecule has 0 amide bonds. The molecule has 0 rings (SSSR count).